The minimum Gasteiger partial charge on any atom is -0.714 e. The molecule has 5 heteroatoms. The normalized spacial score (nSPS) is 22.9. The third-order valence-corrected chi connectivity index (χ3v) is 3.64. The SMILES string of the molecule is CC1(C)N([O])C(c2ccco2)=[N+]([O-])C1(C)C. The van der Waals surface area contributed by atoms with Crippen molar-refractivity contribution < 1.29 is 14.4 Å². The molecule has 1 radical (unpaired) electrons. The van der Waals surface area contributed by atoms with Gasteiger partial charge < -0.3 is 9.62 Å². The Morgan fingerprint density at radius 1 is 1.38 bits per heavy atom. The summed E-state index contributed by atoms with van der Waals surface area (Å²) in [5.74, 6) is 0.351. The van der Waals surface area contributed by atoms with E-state index in [9.17, 15) is 10.4 Å². The van der Waals surface area contributed by atoms with E-state index >= 15 is 0 Å². The van der Waals surface area contributed by atoms with Crippen LogP contribution in [0.2, 0.25) is 0 Å². The first kappa shape index (κ1) is 11.0. The highest BCUT2D eigenvalue weighted by atomic mass is 16.5. The first-order valence-electron chi connectivity index (χ1n) is 5.15. The fourth-order valence-corrected chi connectivity index (χ4v) is 1.71. The lowest BCUT2D eigenvalue weighted by atomic mass is 9.84. The molecule has 1 aliphatic rings. The van der Waals surface area contributed by atoms with Gasteiger partial charge in [-0.3, -0.25) is 4.74 Å². The molecule has 0 saturated carbocycles. The van der Waals surface area contributed by atoms with E-state index in [0.717, 1.165) is 9.80 Å². The standard InChI is InChI=1S/C11H15N2O3/c1-10(2)11(3,4)13(15)9(12(10)14)8-6-5-7-16-8/h5-7H,1-4H3. The molecular formula is C11H15N2O3. The highest BCUT2D eigenvalue weighted by molar-refractivity contribution is 5.93. The summed E-state index contributed by atoms with van der Waals surface area (Å²) in [4.78, 5) is 0. The van der Waals surface area contributed by atoms with Crippen molar-refractivity contribution in [1.82, 2.24) is 5.06 Å². The quantitative estimate of drug-likeness (QED) is 0.538. The Kier molecular flexibility index (Phi) is 2.07. The summed E-state index contributed by atoms with van der Waals surface area (Å²) in [5, 5.41) is 25.0. The maximum Gasteiger partial charge on any atom is 0.352 e. The topological polar surface area (TPSA) is 62.3 Å². The summed E-state index contributed by atoms with van der Waals surface area (Å²) in [7, 11) is 0. The van der Waals surface area contributed by atoms with Gasteiger partial charge in [-0.05, 0) is 39.8 Å². The molecule has 1 aliphatic heterocycles. The Bertz CT molecular complexity index is 432. The Morgan fingerprint density at radius 3 is 2.38 bits per heavy atom. The molecule has 0 atom stereocenters. The van der Waals surface area contributed by atoms with Gasteiger partial charge in [0.15, 0.2) is 5.54 Å². The van der Waals surface area contributed by atoms with Crippen molar-refractivity contribution in [2.24, 2.45) is 0 Å². The number of hydrogen-bond acceptors (Lipinski definition) is 3. The Balaban J connectivity index is 2.59. The van der Waals surface area contributed by atoms with Crippen molar-refractivity contribution in [3.05, 3.63) is 29.4 Å². The van der Waals surface area contributed by atoms with Crippen molar-refractivity contribution in [2.75, 3.05) is 0 Å². The largest absolute Gasteiger partial charge is 0.714 e. The Labute approximate surface area is 94.1 Å². The van der Waals surface area contributed by atoms with Crippen LogP contribution in [0.25, 0.3) is 0 Å². The van der Waals surface area contributed by atoms with E-state index < -0.39 is 11.1 Å². The smallest absolute Gasteiger partial charge is 0.352 e. The lowest BCUT2D eigenvalue weighted by molar-refractivity contribution is -0.539. The van der Waals surface area contributed by atoms with E-state index in [1.165, 1.54) is 6.26 Å². The molecular weight excluding hydrogens is 208 g/mol. The van der Waals surface area contributed by atoms with Crippen LogP contribution in [0, 0.1) is 5.21 Å². The van der Waals surface area contributed by atoms with Crippen LogP contribution in [0.3, 0.4) is 0 Å². The molecule has 0 bridgehead atoms. The van der Waals surface area contributed by atoms with Crippen LogP contribution in [0.15, 0.2) is 22.8 Å². The van der Waals surface area contributed by atoms with Crippen molar-refractivity contribution in [2.45, 2.75) is 38.8 Å². The number of amidine groups is 1. The summed E-state index contributed by atoms with van der Waals surface area (Å²) in [6.45, 7) is 7.00. The number of nitrogens with zero attached hydrogens (tertiary/aromatic N) is 2. The van der Waals surface area contributed by atoms with E-state index in [2.05, 4.69) is 0 Å². The highest BCUT2D eigenvalue weighted by Crippen LogP contribution is 2.37. The zero-order chi connectivity index (χ0) is 12.1. The van der Waals surface area contributed by atoms with Gasteiger partial charge in [-0.2, -0.15) is 0 Å². The lowest BCUT2D eigenvalue weighted by Gasteiger charge is -2.32. The maximum atomic E-state index is 12.1. The van der Waals surface area contributed by atoms with Crippen LogP contribution in [-0.2, 0) is 5.21 Å². The second-order valence-corrected chi connectivity index (χ2v) is 5.01. The minimum absolute atomic E-state index is 0.0417. The summed E-state index contributed by atoms with van der Waals surface area (Å²) >= 11 is 0. The van der Waals surface area contributed by atoms with Gasteiger partial charge in [-0.1, -0.05) is 5.06 Å². The van der Waals surface area contributed by atoms with Crippen molar-refractivity contribution in [1.29, 1.82) is 0 Å². The number of hydrogen-bond donors (Lipinski definition) is 0. The highest BCUT2D eigenvalue weighted by Gasteiger charge is 2.60. The second-order valence-electron chi connectivity index (χ2n) is 5.01. The van der Waals surface area contributed by atoms with E-state index in [-0.39, 0.29) is 5.84 Å². The predicted molar refractivity (Wildman–Crippen MR) is 57.1 cm³/mol. The molecule has 2 rings (SSSR count). The van der Waals surface area contributed by atoms with Crippen molar-refractivity contribution >= 4 is 5.84 Å². The molecule has 0 aromatic carbocycles. The summed E-state index contributed by atoms with van der Waals surface area (Å²) < 4.78 is 5.86. The third-order valence-electron chi connectivity index (χ3n) is 3.64. The number of rotatable bonds is 1. The molecule has 1 aromatic rings. The first-order valence-corrected chi connectivity index (χ1v) is 5.15. The van der Waals surface area contributed by atoms with Gasteiger partial charge in [0.2, 0.25) is 5.76 Å². The lowest BCUT2D eigenvalue weighted by Crippen LogP contribution is -2.53. The average molecular weight is 223 g/mol. The Hall–Kier alpha value is -1.49. The van der Waals surface area contributed by atoms with Gasteiger partial charge >= 0.3 is 5.84 Å². The number of hydroxylamine groups is 3. The van der Waals surface area contributed by atoms with Gasteiger partial charge in [0.1, 0.15) is 5.54 Å². The van der Waals surface area contributed by atoms with Crippen LogP contribution in [0.1, 0.15) is 33.5 Å². The summed E-state index contributed by atoms with van der Waals surface area (Å²) in [5.41, 5.74) is -1.59. The molecule has 0 amide bonds. The molecule has 16 heavy (non-hydrogen) atoms. The molecule has 0 aliphatic carbocycles. The Morgan fingerprint density at radius 2 is 2.00 bits per heavy atom. The zero-order valence-corrected chi connectivity index (χ0v) is 9.85. The molecule has 0 N–H and O–H groups in total. The summed E-state index contributed by atoms with van der Waals surface area (Å²) in [6, 6.07) is 3.27. The second kappa shape index (κ2) is 3.01. The van der Waals surface area contributed by atoms with Crippen LogP contribution in [-0.4, -0.2) is 26.7 Å². The molecule has 0 fully saturated rings. The molecule has 2 heterocycles. The van der Waals surface area contributed by atoms with E-state index in [1.807, 2.05) is 0 Å². The molecule has 0 spiro atoms. The van der Waals surface area contributed by atoms with Gasteiger partial charge in [-0.25, -0.2) is 0 Å². The van der Waals surface area contributed by atoms with E-state index in [4.69, 9.17) is 4.42 Å². The third kappa shape index (κ3) is 1.12. The van der Waals surface area contributed by atoms with E-state index in [0.29, 0.717) is 5.76 Å². The van der Waals surface area contributed by atoms with Gasteiger partial charge in [0.25, 0.3) is 0 Å². The van der Waals surface area contributed by atoms with E-state index in [1.54, 1.807) is 39.8 Å². The first-order chi connectivity index (χ1) is 7.30. The molecule has 1 aromatic heterocycles. The molecule has 5 nitrogen and oxygen atoms in total. The zero-order valence-electron chi connectivity index (χ0n) is 9.85. The summed E-state index contributed by atoms with van der Waals surface area (Å²) in [6.07, 6.45) is 1.45. The molecule has 87 valence electrons. The van der Waals surface area contributed by atoms with Crippen LogP contribution >= 0.6 is 0 Å². The van der Waals surface area contributed by atoms with Gasteiger partial charge in [0.05, 0.1) is 6.26 Å². The number of furan rings is 1. The fraction of sp³-hybridized carbons (Fsp3) is 0.545. The molecule has 0 saturated heterocycles. The van der Waals surface area contributed by atoms with Gasteiger partial charge in [0, 0.05) is 5.21 Å². The van der Waals surface area contributed by atoms with Crippen molar-refractivity contribution in [3.63, 3.8) is 0 Å². The maximum absolute atomic E-state index is 12.1. The van der Waals surface area contributed by atoms with Gasteiger partial charge in [-0.15, -0.1) is 0 Å². The average Bonchev–Trinajstić information content (AvgIpc) is 2.73. The monoisotopic (exact) mass is 223 g/mol. The van der Waals surface area contributed by atoms with Crippen molar-refractivity contribution in [3.8, 4) is 0 Å². The fourth-order valence-electron chi connectivity index (χ4n) is 1.71. The van der Waals surface area contributed by atoms with Crippen LogP contribution in [0.5, 0.6) is 0 Å². The molecule has 0 unspecified atom stereocenters. The van der Waals surface area contributed by atoms with Crippen LogP contribution in [0.4, 0.5) is 0 Å². The van der Waals surface area contributed by atoms with Crippen LogP contribution < -0.4 is 0 Å². The predicted octanol–water partition coefficient (Wildman–Crippen LogP) is 1.75. The minimum atomic E-state index is -0.795.